The van der Waals surface area contributed by atoms with Crippen LogP contribution >= 0.6 is 0 Å². The first-order valence-corrected chi connectivity index (χ1v) is 2.86. The first-order valence-electron chi connectivity index (χ1n) is 2.86. The zero-order valence-corrected chi connectivity index (χ0v) is 5.02. The number of nitrogens with two attached hydrogens (primary N) is 1. The molecule has 0 heterocycles. The van der Waals surface area contributed by atoms with E-state index in [1.54, 1.807) is 0 Å². The zero-order valence-electron chi connectivity index (χ0n) is 5.02. The van der Waals surface area contributed by atoms with Crippen molar-refractivity contribution in [3.05, 3.63) is 6.04 Å². The van der Waals surface area contributed by atoms with E-state index in [1.807, 2.05) is 0 Å². The summed E-state index contributed by atoms with van der Waals surface area (Å²) < 4.78 is 0. The number of Topliss-reactive ketones (excluding diaryl/α,β-unsaturated/α-hetero) is 2. The Morgan fingerprint density at radius 1 is 1.22 bits per heavy atom. The van der Waals surface area contributed by atoms with Gasteiger partial charge < -0.3 is 5.73 Å². The van der Waals surface area contributed by atoms with Crippen molar-refractivity contribution >= 4 is 11.6 Å². The minimum absolute atomic E-state index is 0.0606. The van der Waals surface area contributed by atoms with Crippen LogP contribution in [-0.2, 0) is 9.59 Å². The fourth-order valence-electron chi connectivity index (χ4n) is 0.813. The predicted molar refractivity (Wildman–Crippen MR) is 31.3 cm³/mol. The molecule has 1 fully saturated rings. The van der Waals surface area contributed by atoms with Crippen LogP contribution in [0.3, 0.4) is 0 Å². The molecule has 1 aliphatic rings. The van der Waals surface area contributed by atoms with Gasteiger partial charge in [0.1, 0.15) is 11.8 Å². The molecule has 0 aromatic carbocycles. The van der Waals surface area contributed by atoms with E-state index in [0.717, 1.165) is 0 Å². The Kier molecular flexibility index (Phi) is 1.62. The molecule has 0 unspecified atom stereocenters. The second kappa shape index (κ2) is 2.27. The van der Waals surface area contributed by atoms with Crippen LogP contribution in [0.4, 0.5) is 0 Å². The third-order valence-electron chi connectivity index (χ3n) is 1.38. The Morgan fingerprint density at radius 2 is 1.89 bits per heavy atom. The Labute approximate surface area is 53.2 Å². The molecule has 2 N–H and O–H groups in total. The average Bonchev–Trinajstić information content (AvgIpc) is 1.80. The molecule has 0 atom stereocenters. The van der Waals surface area contributed by atoms with E-state index in [9.17, 15) is 9.59 Å². The monoisotopic (exact) mass is 126 g/mol. The summed E-state index contributed by atoms with van der Waals surface area (Å²) in [6.07, 6.45) is 0.850. The normalized spacial score (nSPS) is 22.8. The lowest BCUT2D eigenvalue weighted by Crippen LogP contribution is -2.29. The Balaban J connectivity index is 2.54. The summed E-state index contributed by atoms with van der Waals surface area (Å²) in [5.74, 6) is 0.0155. The number of hydrogen-bond acceptors (Lipinski definition) is 3. The van der Waals surface area contributed by atoms with Crippen LogP contribution in [0, 0.1) is 6.04 Å². The first-order chi connectivity index (χ1) is 4.20. The minimum atomic E-state index is -0.0606. The standard InChI is InChI=1S/C6H8NO2/c7-5-3-4(8)1-2-6(5)9/h1-3,7H2. The van der Waals surface area contributed by atoms with Crippen LogP contribution in [0.15, 0.2) is 0 Å². The van der Waals surface area contributed by atoms with Crippen molar-refractivity contribution < 1.29 is 9.59 Å². The van der Waals surface area contributed by atoms with Gasteiger partial charge in [0.15, 0.2) is 5.78 Å². The number of carbonyl (C=O) groups is 2. The van der Waals surface area contributed by atoms with Crippen molar-refractivity contribution in [3.8, 4) is 0 Å². The number of rotatable bonds is 0. The van der Waals surface area contributed by atoms with Gasteiger partial charge in [0.25, 0.3) is 0 Å². The van der Waals surface area contributed by atoms with Gasteiger partial charge in [0, 0.05) is 19.3 Å². The van der Waals surface area contributed by atoms with Gasteiger partial charge in [-0.2, -0.15) is 0 Å². The largest absolute Gasteiger partial charge is 0.317 e. The van der Waals surface area contributed by atoms with E-state index in [4.69, 9.17) is 5.73 Å². The highest BCUT2D eigenvalue weighted by Gasteiger charge is 2.23. The van der Waals surface area contributed by atoms with E-state index in [-0.39, 0.29) is 24.0 Å². The smallest absolute Gasteiger partial charge is 0.155 e. The molecule has 0 aromatic heterocycles. The fraction of sp³-hybridized carbons (Fsp3) is 0.500. The lowest BCUT2D eigenvalue weighted by atomic mass is 9.94. The van der Waals surface area contributed by atoms with E-state index in [2.05, 4.69) is 0 Å². The topological polar surface area (TPSA) is 60.2 Å². The van der Waals surface area contributed by atoms with Crippen LogP contribution < -0.4 is 5.73 Å². The summed E-state index contributed by atoms with van der Waals surface area (Å²) in [4.78, 5) is 21.2. The lowest BCUT2D eigenvalue weighted by molar-refractivity contribution is -0.127. The minimum Gasteiger partial charge on any atom is -0.317 e. The summed E-state index contributed by atoms with van der Waals surface area (Å²) in [7, 11) is 0. The fourth-order valence-corrected chi connectivity index (χ4v) is 0.813. The van der Waals surface area contributed by atoms with Crippen LogP contribution in [0.25, 0.3) is 0 Å². The maximum absolute atomic E-state index is 10.6. The highest BCUT2D eigenvalue weighted by atomic mass is 16.1. The van der Waals surface area contributed by atoms with Gasteiger partial charge in [-0.25, -0.2) is 0 Å². The van der Waals surface area contributed by atoms with Gasteiger partial charge in [0.05, 0.1) is 0 Å². The predicted octanol–water partition coefficient (Wildman–Crippen LogP) is -0.201. The quantitative estimate of drug-likeness (QED) is 0.489. The molecule has 1 saturated carbocycles. The first kappa shape index (κ1) is 6.42. The zero-order chi connectivity index (χ0) is 6.85. The third-order valence-corrected chi connectivity index (χ3v) is 1.38. The molecule has 0 spiro atoms. The molecule has 0 aliphatic heterocycles. The van der Waals surface area contributed by atoms with Gasteiger partial charge in [-0.3, -0.25) is 9.59 Å². The SMILES string of the molecule is N[C]1CC(=O)CCC1=O. The molecule has 1 aliphatic carbocycles. The van der Waals surface area contributed by atoms with Crippen LogP contribution in [0.1, 0.15) is 19.3 Å². The number of carbonyl (C=O) groups excluding carboxylic acids is 2. The van der Waals surface area contributed by atoms with Crippen LogP contribution in [0.2, 0.25) is 0 Å². The maximum Gasteiger partial charge on any atom is 0.155 e. The maximum atomic E-state index is 10.6. The molecule has 3 heteroatoms. The van der Waals surface area contributed by atoms with E-state index < -0.39 is 0 Å². The second-order valence-corrected chi connectivity index (χ2v) is 2.16. The molecule has 0 saturated heterocycles. The van der Waals surface area contributed by atoms with Crippen LogP contribution in [-0.4, -0.2) is 11.6 Å². The molecule has 0 aromatic rings. The van der Waals surface area contributed by atoms with Crippen molar-refractivity contribution in [1.29, 1.82) is 0 Å². The third kappa shape index (κ3) is 1.36. The number of hydrogen-bond donors (Lipinski definition) is 1. The van der Waals surface area contributed by atoms with Gasteiger partial charge >= 0.3 is 0 Å². The summed E-state index contributed by atoms with van der Waals surface area (Å²) in [6.45, 7) is 0. The molecule has 49 valence electrons. The van der Waals surface area contributed by atoms with Gasteiger partial charge in [0.2, 0.25) is 0 Å². The molecule has 1 radical (unpaired) electrons. The summed E-state index contributed by atoms with van der Waals surface area (Å²) in [5, 5.41) is 0. The number of ketones is 2. The lowest BCUT2D eigenvalue weighted by Gasteiger charge is -2.12. The highest BCUT2D eigenvalue weighted by Crippen LogP contribution is 2.13. The van der Waals surface area contributed by atoms with Crippen molar-refractivity contribution in [2.24, 2.45) is 5.73 Å². The summed E-state index contributed by atoms with van der Waals surface area (Å²) in [5.41, 5.74) is 5.21. The molecule has 1 rings (SSSR count). The highest BCUT2D eigenvalue weighted by molar-refractivity contribution is 6.02. The van der Waals surface area contributed by atoms with Crippen molar-refractivity contribution in [3.63, 3.8) is 0 Å². The summed E-state index contributed by atoms with van der Waals surface area (Å²) >= 11 is 0. The molecular formula is C6H8NO2. The van der Waals surface area contributed by atoms with Crippen LogP contribution in [0.5, 0.6) is 0 Å². The van der Waals surface area contributed by atoms with Gasteiger partial charge in [-0.05, 0) is 0 Å². The molecular weight excluding hydrogens is 118 g/mol. The van der Waals surface area contributed by atoms with E-state index in [1.165, 1.54) is 0 Å². The average molecular weight is 126 g/mol. The van der Waals surface area contributed by atoms with Gasteiger partial charge in [-0.15, -0.1) is 0 Å². The van der Waals surface area contributed by atoms with Crippen molar-refractivity contribution in [1.82, 2.24) is 0 Å². The molecule has 9 heavy (non-hydrogen) atoms. The Bertz CT molecular complexity index is 153. The second-order valence-electron chi connectivity index (χ2n) is 2.16. The Morgan fingerprint density at radius 3 is 2.33 bits per heavy atom. The van der Waals surface area contributed by atoms with Crippen molar-refractivity contribution in [2.75, 3.05) is 0 Å². The molecule has 3 nitrogen and oxygen atoms in total. The van der Waals surface area contributed by atoms with Gasteiger partial charge in [-0.1, -0.05) is 0 Å². The Hall–Kier alpha value is -0.700. The molecule has 0 bridgehead atoms. The van der Waals surface area contributed by atoms with E-state index >= 15 is 0 Å². The summed E-state index contributed by atoms with van der Waals surface area (Å²) in [6, 6.07) is 0.228. The molecule has 0 amide bonds. The van der Waals surface area contributed by atoms with Crippen molar-refractivity contribution in [2.45, 2.75) is 19.3 Å². The van der Waals surface area contributed by atoms with E-state index in [0.29, 0.717) is 12.8 Å².